The average Bonchev–Trinajstić information content (AvgIpc) is 2.63. The molecule has 1 saturated heterocycles. The lowest BCUT2D eigenvalue weighted by atomic mass is 9.85. The van der Waals surface area contributed by atoms with Gasteiger partial charge in [-0.15, -0.1) is 0 Å². The zero-order chi connectivity index (χ0) is 17.9. The fourth-order valence-corrected chi connectivity index (χ4v) is 3.39. The van der Waals surface area contributed by atoms with Crippen molar-refractivity contribution in [2.45, 2.75) is 31.4 Å². The molecule has 2 aromatic rings. The zero-order valence-corrected chi connectivity index (χ0v) is 14.2. The lowest BCUT2D eigenvalue weighted by molar-refractivity contribution is -0.0718. The molecule has 1 aliphatic heterocycles. The Bertz CT molecular complexity index is 719. The van der Waals surface area contributed by atoms with Crippen molar-refractivity contribution in [2.75, 3.05) is 13.2 Å². The van der Waals surface area contributed by atoms with Gasteiger partial charge in [0.2, 0.25) is 0 Å². The molecular formula is C20H22FNO3. The van der Waals surface area contributed by atoms with Crippen molar-refractivity contribution >= 4 is 6.09 Å². The quantitative estimate of drug-likeness (QED) is 0.892. The van der Waals surface area contributed by atoms with E-state index in [1.165, 1.54) is 12.1 Å². The van der Waals surface area contributed by atoms with Crippen molar-refractivity contribution in [3.8, 4) is 0 Å². The number of benzene rings is 2. The van der Waals surface area contributed by atoms with Gasteiger partial charge in [-0.2, -0.15) is 0 Å². The number of carbonyl (C=O) groups is 1. The predicted molar refractivity (Wildman–Crippen MR) is 92.4 cm³/mol. The van der Waals surface area contributed by atoms with E-state index in [4.69, 9.17) is 4.74 Å². The monoisotopic (exact) mass is 343 g/mol. The maximum Gasteiger partial charge on any atom is 0.411 e. The van der Waals surface area contributed by atoms with Crippen LogP contribution in [-0.2, 0) is 10.3 Å². The summed E-state index contributed by atoms with van der Waals surface area (Å²) < 4.78 is 19.0. The summed E-state index contributed by atoms with van der Waals surface area (Å²) in [4.78, 5) is 14.4. The number of aliphatic hydroxyl groups is 1. The lowest BCUT2D eigenvalue weighted by Crippen LogP contribution is -2.49. The van der Waals surface area contributed by atoms with Gasteiger partial charge in [0.05, 0.1) is 6.04 Å². The van der Waals surface area contributed by atoms with Crippen molar-refractivity contribution in [3.05, 3.63) is 71.5 Å². The molecule has 4 nitrogen and oxygen atoms in total. The first-order chi connectivity index (χ1) is 12.1. The third kappa shape index (κ3) is 3.51. The molecule has 3 rings (SSSR count). The highest BCUT2D eigenvalue weighted by atomic mass is 19.1. The molecule has 2 atom stereocenters. The standard InChI is InChI=1S/C20H22FNO3/c1-15(16-5-3-2-4-6-16)22-13-11-20(12-14-23,25-19(22)24)17-7-9-18(21)10-8-17/h2-10,15,23H,11-14H2,1H3/t15-,20+/m0/s1. The second kappa shape index (κ2) is 7.23. The van der Waals surface area contributed by atoms with E-state index < -0.39 is 11.7 Å². The number of hydrogen-bond donors (Lipinski definition) is 1. The number of cyclic esters (lactones) is 1. The molecule has 1 amide bonds. The molecule has 0 spiro atoms. The van der Waals surface area contributed by atoms with Gasteiger partial charge in [-0.25, -0.2) is 9.18 Å². The summed E-state index contributed by atoms with van der Waals surface area (Å²) in [6, 6.07) is 15.6. The predicted octanol–water partition coefficient (Wildman–Crippen LogP) is 4.01. The number of amides is 1. The van der Waals surface area contributed by atoms with E-state index in [2.05, 4.69) is 0 Å². The van der Waals surface area contributed by atoms with Gasteiger partial charge in [-0.3, -0.25) is 0 Å². The van der Waals surface area contributed by atoms with Gasteiger partial charge in [0.1, 0.15) is 11.4 Å². The van der Waals surface area contributed by atoms with Gasteiger partial charge in [0.25, 0.3) is 0 Å². The first-order valence-corrected chi connectivity index (χ1v) is 8.47. The summed E-state index contributed by atoms with van der Waals surface area (Å²) in [5, 5.41) is 9.46. The van der Waals surface area contributed by atoms with Crippen LogP contribution in [-0.4, -0.2) is 29.3 Å². The lowest BCUT2D eigenvalue weighted by Gasteiger charge is -2.43. The fraction of sp³-hybridized carbons (Fsp3) is 0.350. The Morgan fingerprint density at radius 3 is 2.48 bits per heavy atom. The molecule has 0 bridgehead atoms. The Kier molecular flexibility index (Phi) is 5.04. The van der Waals surface area contributed by atoms with Crippen LogP contribution in [0, 0.1) is 5.82 Å². The number of ether oxygens (including phenoxy) is 1. The largest absolute Gasteiger partial charge is 0.438 e. The smallest absolute Gasteiger partial charge is 0.411 e. The maximum atomic E-state index is 13.2. The van der Waals surface area contributed by atoms with E-state index in [1.54, 1.807) is 17.0 Å². The summed E-state index contributed by atoms with van der Waals surface area (Å²) in [6.07, 6.45) is 0.417. The summed E-state index contributed by atoms with van der Waals surface area (Å²) >= 11 is 0. The highest BCUT2D eigenvalue weighted by molar-refractivity contribution is 5.70. The van der Waals surface area contributed by atoms with Crippen molar-refractivity contribution in [3.63, 3.8) is 0 Å². The highest BCUT2D eigenvalue weighted by Crippen LogP contribution is 2.39. The van der Waals surface area contributed by atoms with E-state index in [0.717, 1.165) is 5.56 Å². The van der Waals surface area contributed by atoms with Gasteiger partial charge in [-0.1, -0.05) is 42.5 Å². The van der Waals surface area contributed by atoms with E-state index >= 15 is 0 Å². The SMILES string of the molecule is C[C@@H](c1ccccc1)N1CC[C@@](CCO)(c2ccc(F)cc2)OC1=O. The molecule has 0 unspecified atom stereocenters. The molecule has 0 aromatic heterocycles. The highest BCUT2D eigenvalue weighted by Gasteiger charge is 2.43. The average molecular weight is 343 g/mol. The molecule has 25 heavy (non-hydrogen) atoms. The van der Waals surface area contributed by atoms with Gasteiger partial charge in [0.15, 0.2) is 0 Å². The maximum absolute atomic E-state index is 13.2. The normalized spacial score (nSPS) is 21.7. The van der Waals surface area contributed by atoms with Crippen LogP contribution in [0.15, 0.2) is 54.6 Å². The summed E-state index contributed by atoms with van der Waals surface area (Å²) in [7, 11) is 0. The molecule has 1 N–H and O–H groups in total. The van der Waals surface area contributed by atoms with Crippen LogP contribution in [0.1, 0.15) is 36.9 Å². The summed E-state index contributed by atoms with van der Waals surface area (Å²) in [5.41, 5.74) is 0.839. The molecular weight excluding hydrogens is 321 g/mol. The molecule has 1 fully saturated rings. The minimum Gasteiger partial charge on any atom is -0.438 e. The molecule has 0 aliphatic carbocycles. The molecule has 1 aliphatic rings. The van der Waals surface area contributed by atoms with Crippen LogP contribution in [0.3, 0.4) is 0 Å². The van der Waals surface area contributed by atoms with Crippen LogP contribution in [0.2, 0.25) is 0 Å². The molecule has 1 heterocycles. The number of rotatable bonds is 5. The topological polar surface area (TPSA) is 49.8 Å². The molecule has 2 aromatic carbocycles. The summed E-state index contributed by atoms with van der Waals surface area (Å²) in [6.45, 7) is 2.36. The van der Waals surface area contributed by atoms with E-state index in [1.807, 2.05) is 37.3 Å². The number of aliphatic hydroxyl groups excluding tert-OH is 1. The minimum atomic E-state index is -0.910. The minimum absolute atomic E-state index is 0.103. The van der Waals surface area contributed by atoms with Gasteiger partial charge in [-0.05, 0) is 30.2 Å². The number of nitrogens with zero attached hydrogens (tertiary/aromatic N) is 1. The van der Waals surface area contributed by atoms with Crippen molar-refractivity contribution < 1.29 is 19.0 Å². The number of carbonyl (C=O) groups excluding carboxylic acids is 1. The van der Waals surface area contributed by atoms with E-state index in [0.29, 0.717) is 18.5 Å². The Morgan fingerprint density at radius 2 is 1.88 bits per heavy atom. The first-order valence-electron chi connectivity index (χ1n) is 8.47. The van der Waals surface area contributed by atoms with Gasteiger partial charge < -0.3 is 14.7 Å². The van der Waals surface area contributed by atoms with Crippen LogP contribution < -0.4 is 0 Å². The summed E-state index contributed by atoms with van der Waals surface area (Å²) in [5.74, 6) is -0.343. The van der Waals surface area contributed by atoms with Gasteiger partial charge >= 0.3 is 6.09 Å². The van der Waals surface area contributed by atoms with Crippen LogP contribution >= 0.6 is 0 Å². The van der Waals surface area contributed by atoms with E-state index in [9.17, 15) is 14.3 Å². The zero-order valence-electron chi connectivity index (χ0n) is 14.2. The molecule has 0 radical (unpaired) electrons. The Balaban J connectivity index is 1.82. The van der Waals surface area contributed by atoms with Crippen molar-refractivity contribution in [2.24, 2.45) is 0 Å². The Hall–Kier alpha value is -2.40. The van der Waals surface area contributed by atoms with Crippen molar-refractivity contribution in [1.82, 2.24) is 4.90 Å². The third-order valence-corrected chi connectivity index (χ3v) is 4.91. The Labute approximate surface area is 146 Å². The van der Waals surface area contributed by atoms with Crippen molar-refractivity contribution in [1.29, 1.82) is 0 Å². The number of halogens is 1. The second-order valence-electron chi connectivity index (χ2n) is 6.37. The molecule has 5 heteroatoms. The van der Waals surface area contributed by atoms with Gasteiger partial charge in [0, 0.05) is 26.0 Å². The van der Waals surface area contributed by atoms with Crippen LogP contribution in [0.25, 0.3) is 0 Å². The third-order valence-electron chi connectivity index (χ3n) is 4.91. The first kappa shape index (κ1) is 17.4. The second-order valence-corrected chi connectivity index (χ2v) is 6.37. The molecule has 0 saturated carbocycles. The number of hydrogen-bond acceptors (Lipinski definition) is 3. The fourth-order valence-electron chi connectivity index (χ4n) is 3.39. The Morgan fingerprint density at radius 1 is 1.20 bits per heavy atom. The van der Waals surface area contributed by atoms with Crippen LogP contribution in [0.4, 0.5) is 9.18 Å². The van der Waals surface area contributed by atoms with E-state index in [-0.39, 0.29) is 24.9 Å². The van der Waals surface area contributed by atoms with Crippen LogP contribution in [0.5, 0.6) is 0 Å². The molecule has 132 valence electrons.